The summed E-state index contributed by atoms with van der Waals surface area (Å²) >= 11 is 0. The summed E-state index contributed by atoms with van der Waals surface area (Å²) in [5.41, 5.74) is 1.81. The number of methoxy groups -OCH3 is 1. The Morgan fingerprint density at radius 2 is 1.83 bits per heavy atom. The summed E-state index contributed by atoms with van der Waals surface area (Å²) in [7, 11) is 1.61. The Kier molecular flexibility index (Phi) is 7.21. The quantitative estimate of drug-likeness (QED) is 0.556. The van der Waals surface area contributed by atoms with E-state index in [1.165, 1.54) is 4.90 Å². The normalized spacial score (nSPS) is 11.4. The van der Waals surface area contributed by atoms with Crippen molar-refractivity contribution in [3.05, 3.63) is 72.4 Å². The second-order valence-electron chi connectivity index (χ2n) is 6.78. The fourth-order valence-corrected chi connectivity index (χ4v) is 2.96. The number of rotatable bonds is 8. The summed E-state index contributed by atoms with van der Waals surface area (Å²) in [6.45, 7) is 4.63. The molecule has 0 saturated carbocycles. The van der Waals surface area contributed by atoms with Crippen LogP contribution in [0.4, 0.5) is 22.2 Å². The van der Waals surface area contributed by atoms with Gasteiger partial charge in [0, 0.05) is 18.8 Å². The first-order valence-electron chi connectivity index (χ1n) is 9.99. The van der Waals surface area contributed by atoms with Crippen molar-refractivity contribution < 1.29 is 9.53 Å². The molecular weight excluding hydrogens is 378 g/mol. The van der Waals surface area contributed by atoms with Crippen molar-refractivity contribution in [3.8, 4) is 5.75 Å². The van der Waals surface area contributed by atoms with Gasteiger partial charge in [0.05, 0.1) is 18.8 Å². The number of urea groups is 1. The van der Waals surface area contributed by atoms with Gasteiger partial charge < -0.3 is 15.4 Å². The van der Waals surface area contributed by atoms with Gasteiger partial charge in [0.1, 0.15) is 11.6 Å². The molecule has 0 bridgehead atoms. The molecule has 0 aliphatic carbocycles. The molecule has 30 heavy (non-hydrogen) atoms. The molecule has 1 heterocycles. The largest absolute Gasteiger partial charge is 0.497 e. The van der Waals surface area contributed by atoms with Crippen LogP contribution in [0.15, 0.2) is 66.9 Å². The van der Waals surface area contributed by atoms with Gasteiger partial charge in [-0.1, -0.05) is 37.3 Å². The second kappa shape index (κ2) is 10.2. The van der Waals surface area contributed by atoms with E-state index in [9.17, 15) is 4.79 Å². The molecule has 2 amide bonds. The Morgan fingerprint density at radius 3 is 2.50 bits per heavy atom. The molecule has 0 radical (unpaired) electrons. The van der Waals surface area contributed by atoms with Gasteiger partial charge in [0.25, 0.3) is 0 Å². The van der Waals surface area contributed by atoms with E-state index in [1.807, 2.05) is 68.4 Å². The first kappa shape index (κ1) is 21.1. The average molecular weight is 406 g/mol. The lowest BCUT2D eigenvalue weighted by Gasteiger charge is -2.23. The minimum Gasteiger partial charge on any atom is -0.497 e. The van der Waals surface area contributed by atoms with Crippen molar-refractivity contribution in [2.24, 2.45) is 0 Å². The second-order valence-corrected chi connectivity index (χ2v) is 6.78. The number of hydrogen-bond acceptors (Lipinski definition) is 5. The number of carbonyl (C=O) groups excluding carboxylic acids is 1. The van der Waals surface area contributed by atoms with Crippen molar-refractivity contribution in [2.75, 3.05) is 23.9 Å². The zero-order valence-electron chi connectivity index (χ0n) is 17.5. The predicted octanol–water partition coefficient (Wildman–Crippen LogP) is 4.92. The number of hydrogen-bond donors (Lipinski definition) is 2. The lowest BCUT2D eigenvalue weighted by atomic mass is 10.1. The van der Waals surface area contributed by atoms with Crippen molar-refractivity contribution in [2.45, 2.75) is 26.3 Å². The van der Waals surface area contributed by atoms with E-state index < -0.39 is 0 Å². The molecule has 0 aliphatic rings. The van der Waals surface area contributed by atoms with Gasteiger partial charge in [0.2, 0.25) is 5.95 Å². The summed E-state index contributed by atoms with van der Waals surface area (Å²) in [5.74, 6) is 1.64. The topological polar surface area (TPSA) is 79.4 Å². The van der Waals surface area contributed by atoms with Gasteiger partial charge in [-0.2, -0.15) is 4.98 Å². The molecule has 0 saturated heterocycles. The van der Waals surface area contributed by atoms with Gasteiger partial charge in [-0.15, -0.1) is 0 Å². The van der Waals surface area contributed by atoms with E-state index >= 15 is 0 Å². The highest BCUT2D eigenvalue weighted by molar-refractivity contribution is 5.98. The fourth-order valence-electron chi connectivity index (χ4n) is 2.96. The van der Waals surface area contributed by atoms with Crippen LogP contribution < -0.4 is 20.3 Å². The molecule has 1 aromatic heterocycles. The van der Waals surface area contributed by atoms with Crippen LogP contribution in [-0.4, -0.2) is 29.7 Å². The van der Waals surface area contributed by atoms with Gasteiger partial charge in [-0.05, 0) is 43.2 Å². The number of aromatic nitrogens is 2. The molecule has 3 rings (SSSR count). The Hall–Kier alpha value is -3.61. The van der Waals surface area contributed by atoms with Crippen LogP contribution in [0.2, 0.25) is 0 Å². The highest BCUT2D eigenvalue weighted by Crippen LogP contribution is 2.27. The van der Waals surface area contributed by atoms with Gasteiger partial charge in [-0.3, -0.25) is 0 Å². The summed E-state index contributed by atoms with van der Waals surface area (Å²) < 4.78 is 5.23. The van der Waals surface area contributed by atoms with E-state index in [4.69, 9.17) is 4.74 Å². The smallest absolute Gasteiger partial charge is 0.327 e. The number of amides is 2. The van der Waals surface area contributed by atoms with Crippen LogP contribution in [0.5, 0.6) is 5.75 Å². The minimum absolute atomic E-state index is 0.0183. The summed E-state index contributed by atoms with van der Waals surface area (Å²) in [4.78, 5) is 23.4. The Morgan fingerprint density at radius 1 is 1.10 bits per heavy atom. The first-order valence-corrected chi connectivity index (χ1v) is 9.99. The molecule has 2 N–H and O–H groups in total. The molecule has 7 heteroatoms. The van der Waals surface area contributed by atoms with E-state index in [0.29, 0.717) is 24.0 Å². The number of carbonyl (C=O) groups is 1. The van der Waals surface area contributed by atoms with Gasteiger partial charge in [-0.25, -0.2) is 14.7 Å². The van der Waals surface area contributed by atoms with Gasteiger partial charge >= 0.3 is 6.03 Å². The third-order valence-corrected chi connectivity index (χ3v) is 4.58. The molecule has 1 unspecified atom stereocenters. The van der Waals surface area contributed by atoms with Crippen molar-refractivity contribution >= 4 is 23.5 Å². The van der Waals surface area contributed by atoms with Crippen LogP contribution in [0, 0.1) is 0 Å². The number of ether oxygens (including phenoxy) is 1. The molecule has 0 aliphatic heterocycles. The van der Waals surface area contributed by atoms with Crippen LogP contribution in [0.25, 0.3) is 0 Å². The van der Waals surface area contributed by atoms with Crippen LogP contribution in [-0.2, 0) is 0 Å². The van der Waals surface area contributed by atoms with Gasteiger partial charge in [0.15, 0.2) is 0 Å². The third kappa shape index (κ3) is 5.26. The number of nitrogens with one attached hydrogen (secondary N) is 2. The monoisotopic (exact) mass is 405 g/mol. The van der Waals surface area contributed by atoms with E-state index in [-0.39, 0.29) is 12.1 Å². The Labute approximate surface area is 177 Å². The summed E-state index contributed by atoms with van der Waals surface area (Å²) in [6.07, 6.45) is 2.49. The summed E-state index contributed by atoms with van der Waals surface area (Å²) in [6, 6.07) is 18.8. The first-order chi connectivity index (χ1) is 14.6. The zero-order valence-corrected chi connectivity index (χ0v) is 17.5. The standard InChI is InChI=1S/C23H27N5O2/c1-4-15-25-23(29)28(19-10-12-20(30-3)13-11-19)21-14-16-24-22(27-21)26-17(2)18-8-6-5-7-9-18/h5-14,16-17H,4,15H2,1-3H3,(H,25,29)(H,24,26,27). The number of anilines is 3. The molecular formula is C23H27N5O2. The van der Waals surface area contributed by atoms with Crippen LogP contribution >= 0.6 is 0 Å². The van der Waals surface area contributed by atoms with Crippen LogP contribution in [0.3, 0.4) is 0 Å². The van der Waals surface area contributed by atoms with Crippen molar-refractivity contribution in [1.29, 1.82) is 0 Å². The molecule has 3 aromatic rings. The molecule has 1 atom stereocenters. The summed E-state index contributed by atoms with van der Waals surface area (Å²) in [5, 5.41) is 6.22. The Balaban J connectivity index is 1.88. The highest BCUT2D eigenvalue weighted by Gasteiger charge is 2.20. The average Bonchev–Trinajstić information content (AvgIpc) is 2.79. The van der Waals surface area contributed by atoms with E-state index in [1.54, 1.807) is 19.4 Å². The molecule has 7 nitrogen and oxygen atoms in total. The highest BCUT2D eigenvalue weighted by atomic mass is 16.5. The maximum absolute atomic E-state index is 12.9. The van der Waals surface area contributed by atoms with Crippen molar-refractivity contribution in [1.82, 2.24) is 15.3 Å². The van der Waals surface area contributed by atoms with E-state index in [0.717, 1.165) is 17.7 Å². The zero-order chi connectivity index (χ0) is 21.3. The Bertz CT molecular complexity index is 947. The lowest BCUT2D eigenvalue weighted by molar-refractivity contribution is 0.248. The maximum atomic E-state index is 12.9. The van der Waals surface area contributed by atoms with Crippen LogP contribution in [0.1, 0.15) is 31.9 Å². The van der Waals surface area contributed by atoms with Crippen molar-refractivity contribution in [3.63, 3.8) is 0 Å². The third-order valence-electron chi connectivity index (χ3n) is 4.58. The maximum Gasteiger partial charge on any atom is 0.327 e. The SMILES string of the molecule is CCCNC(=O)N(c1ccc(OC)cc1)c1ccnc(NC(C)c2ccccc2)n1. The molecule has 0 spiro atoms. The molecule has 156 valence electrons. The predicted molar refractivity (Wildman–Crippen MR) is 119 cm³/mol. The number of benzene rings is 2. The molecule has 2 aromatic carbocycles. The minimum atomic E-state index is -0.247. The lowest BCUT2D eigenvalue weighted by Crippen LogP contribution is -2.37. The van der Waals surface area contributed by atoms with E-state index in [2.05, 4.69) is 20.6 Å². The molecule has 0 fully saturated rings. The number of nitrogens with zero attached hydrogens (tertiary/aromatic N) is 3. The fraction of sp³-hybridized carbons (Fsp3) is 0.261.